The highest BCUT2D eigenvalue weighted by atomic mass is 32.1. The Bertz CT molecular complexity index is 428. The lowest BCUT2D eigenvalue weighted by Gasteiger charge is -2.26. The van der Waals surface area contributed by atoms with Crippen LogP contribution < -0.4 is 5.32 Å². The summed E-state index contributed by atoms with van der Waals surface area (Å²) in [5, 5.41) is 5.08. The zero-order chi connectivity index (χ0) is 13.9. The van der Waals surface area contributed by atoms with Gasteiger partial charge in [0.15, 0.2) is 0 Å². The average molecular weight is 292 g/mol. The molecule has 2 nitrogen and oxygen atoms in total. The van der Waals surface area contributed by atoms with E-state index in [1.807, 2.05) is 11.3 Å². The molecule has 0 radical (unpaired) electrons. The van der Waals surface area contributed by atoms with Gasteiger partial charge < -0.3 is 5.32 Å². The Balaban J connectivity index is 1.63. The lowest BCUT2D eigenvalue weighted by molar-refractivity contribution is 0.318. The third-order valence-corrected chi connectivity index (χ3v) is 6.29. The van der Waals surface area contributed by atoms with Gasteiger partial charge in [-0.2, -0.15) is 0 Å². The molecule has 0 aromatic carbocycles. The van der Waals surface area contributed by atoms with Crippen LogP contribution in [0.4, 0.5) is 0 Å². The van der Waals surface area contributed by atoms with Crippen molar-refractivity contribution in [1.29, 1.82) is 0 Å². The zero-order valence-corrected chi connectivity index (χ0v) is 13.8. The number of rotatable bonds is 6. The fourth-order valence-electron chi connectivity index (χ4n) is 3.33. The van der Waals surface area contributed by atoms with E-state index in [2.05, 4.69) is 19.2 Å². The predicted octanol–water partition coefficient (Wildman–Crippen LogP) is 4.64. The summed E-state index contributed by atoms with van der Waals surface area (Å²) < 4.78 is 0. The highest BCUT2D eigenvalue weighted by molar-refractivity contribution is 7.11. The first-order valence-corrected chi connectivity index (χ1v) is 9.33. The molecule has 1 heterocycles. The molecular weight excluding hydrogens is 264 g/mol. The van der Waals surface area contributed by atoms with Crippen LogP contribution in [0.1, 0.15) is 80.3 Å². The largest absolute Gasteiger partial charge is 0.309 e. The van der Waals surface area contributed by atoms with Gasteiger partial charge in [0.1, 0.15) is 0 Å². The molecule has 0 spiro atoms. The summed E-state index contributed by atoms with van der Waals surface area (Å²) in [5.74, 6) is 1.73. The molecule has 2 fully saturated rings. The first kappa shape index (κ1) is 14.5. The minimum Gasteiger partial charge on any atom is -0.309 e. The number of hydrogen-bond donors (Lipinski definition) is 1. The molecule has 1 N–H and O–H groups in total. The summed E-state index contributed by atoms with van der Waals surface area (Å²) in [6.45, 7) is 5.63. The SMILES string of the molecule is CCc1nc(C2CCC(CC)CC2)sc1CNC1CC1. The van der Waals surface area contributed by atoms with Crippen LogP contribution in [0.3, 0.4) is 0 Å². The highest BCUT2D eigenvalue weighted by Gasteiger charge is 2.25. The van der Waals surface area contributed by atoms with Crippen molar-refractivity contribution in [3.8, 4) is 0 Å². The molecule has 0 unspecified atom stereocenters. The van der Waals surface area contributed by atoms with Crippen molar-refractivity contribution in [1.82, 2.24) is 10.3 Å². The summed E-state index contributed by atoms with van der Waals surface area (Å²) in [5.41, 5.74) is 1.36. The Morgan fingerprint density at radius 2 is 1.85 bits per heavy atom. The van der Waals surface area contributed by atoms with E-state index in [1.54, 1.807) is 0 Å². The van der Waals surface area contributed by atoms with Crippen molar-refractivity contribution in [2.75, 3.05) is 0 Å². The standard InChI is InChI=1S/C17H28N2S/c1-3-12-5-7-13(8-6-12)17-19-15(4-2)16(20-17)11-18-14-9-10-14/h12-14,18H,3-11H2,1-2H3. The summed E-state index contributed by atoms with van der Waals surface area (Å²) in [4.78, 5) is 6.49. The van der Waals surface area contributed by atoms with Crippen molar-refractivity contribution in [3.05, 3.63) is 15.6 Å². The van der Waals surface area contributed by atoms with E-state index in [1.165, 1.54) is 60.5 Å². The molecule has 0 saturated heterocycles. The third-order valence-electron chi connectivity index (χ3n) is 5.03. The normalized spacial score (nSPS) is 26.9. The van der Waals surface area contributed by atoms with Crippen molar-refractivity contribution in [2.45, 2.75) is 83.7 Å². The van der Waals surface area contributed by atoms with E-state index in [4.69, 9.17) is 4.98 Å². The Morgan fingerprint density at radius 3 is 2.45 bits per heavy atom. The Morgan fingerprint density at radius 1 is 1.10 bits per heavy atom. The molecule has 0 aliphatic heterocycles. The zero-order valence-electron chi connectivity index (χ0n) is 13.0. The van der Waals surface area contributed by atoms with Gasteiger partial charge in [0.25, 0.3) is 0 Å². The summed E-state index contributed by atoms with van der Waals surface area (Å²) >= 11 is 2.00. The number of thiazole rings is 1. The molecule has 1 aromatic rings. The molecule has 2 saturated carbocycles. The number of aromatic nitrogens is 1. The first-order chi connectivity index (χ1) is 9.80. The fourth-order valence-corrected chi connectivity index (χ4v) is 4.61. The Hall–Kier alpha value is -0.410. The minimum absolute atomic E-state index is 0.753. The van der Waals surface area contributed by atoms with Crippen LogP contribution in [0, 0.1) is 5.92 Å². The van der Waals surface area contributed by atoms with Crippen LogP contribution in [0.15, 0.2) is 0 Å². The van der Waals surface area contributed by atoms with Gasteiger partial charge in [0, 0.05) is 23.4 Å². The van der Waals surface area contributed by atoms with E-state index in [0.29, 0.717) is 0 Å². The van der Waals surface area contributed by atoms with E-state index >= 15 is 0 Å². The second kappa shape index (κ2) is 6.57. The van der Waals surface area contributed by atoms with Gasteiger partial charge in [-0.15, -0.1) is 11.3 Å². The summed E-state index contributed by atoms with van der Waals surface area (Å²) in [6.07, 6.45) is 10.7. The van der Waals surface area contributed by atoms with E-state index in [0.717, 1.165) is 30.8 Å². The molecule has 112 valence electrons. The smallest absolute Gasteiger partial charge is 0.0962 e. The lowest BCUT2D eigenvalue weighted by atomic mass is 9.81. The van der Waals surface area contributed by atoms with Gasteiger partial charge in [0.05, 0.1) is 10.7 Å². The molecule has 2 aliphatic rings. The van der Waals surface area contributed by atoms with E-state index < -0.39 is 0 Å². The maximum Gasteiger partial charge on any atom is 0.0962 e. The van der Waals surface area contributed by atoms with Gasteiger partial charge in [-0.25, -0.2) is 4.98 Å². The molecule has 3 rings (SSSR count). The van der Waals surface area contributed by atoms with Crippen molar-refractivity contribution >= 4 is 11.3 Å². The lowest BCUT2D eigenvalue weighted by Crippen LogP contribution is -2.15. The average Bonchev–Trinajstić information content (AvgIpc) is 3.24. The fraction of sp³-hybridized carbons (Fsp3) is 0.824. The predicted molar refractivity (Wildman–Crippen MR) is 86.3 cm³/mol. The van der Waals surface area contributed by atoms with Gasteiger partial charge in [-0.3, -0.25) is 0 Å². The number of nitrogens with one attached hydrogen (secondary N) is 1. The summed E-state index contributed by atoms with van der Waals surface area (Å²) in [6, 6.07) is 0.797. The highest BCUT2D eigenvalue weighted by Crippen LogP contribution is 2.39. The van der Waals surface area contributed by atoms with E-state index in [-0.39, 0.29) is 0 Å². The second-order valence-electron chi connectivity index (χ2n) is 6.56. The van der Waals surface area contributed by atoms with E-state index in [9.17, 15) is 0 Å². The molecular formula is C17H28N2S. The molecule has 0 atom stereocenters. The molecule has 3 heteroatoms. The quantitative estimate of drug-likeness (QED) is 0.826. The monoisotopic (exact) mass is 292 g/mol. The number of hydrogen-bond acceptors (Lipinski definition) is 3. The van der Waals surface area contributed by atoms with Crippen LogP contribution in [0.5, 0.6) is 0 Å². The number of nitrogens with zero attached hydrogens (tertiary/aromatic N) is 1. The molecule has 2 aliphatic carbocycles. The van der Waals surface area contributed by atoms with Gasteiger partial charge >= 0.3 is 0 Å². The Kier molecular flexibility index (Phi) is 4.77. The van der Waals surface area contributed by atoms with Gasteiger partial charge in [0.2, 0.25) is 0 Å². The molecule has 0 amide bonds. The minimum atomic E-state index is 0.753. The van der Waals surface area contributed by atoms with Crippen LogP contribution in [0.25, 0.3) is 0 Å². The topological polar surface area (TPSA) is 24.9 Å². The number of aryl methyl sites for hydroxylation is 1. The first-order valence-electron chi connectivity index (χ1n) is 8.52. The van der Waals surface area contributed by atoms with Crippen LogP contribution in [-0.2, 0) is 13.0 Å². The van der Waals surface area contributed by atoms with Crippen LogP contribution >= 0.6 is 11.3 Å². The van der Waals surface area contributed by atoms with Crippen LogP contribution in [-0.4, -0.2) is 11.0 Å². The van der Waals surface area contributed by atoms with Crippen molar-refractivity contribution in [2.24, 2.45) is 5.92 Å². The Labute approximate surface area is 127 Å². The molecule has 0 bridgehead atoms. The van der Waals surface area contributed by atoms with Gasteiger partial charge in [-0.05, 0) is 50.9 Å². The van der Waals surface area contributed by atoms with Crippen LogP contribution in [0.2, 0.25) is 0 Å². The maximum absolute atomic E-state index is 4.98. The maximum atomic E-state index is 4.98. The van der Waals surface area contributed by atoms with Crippen molar-refractivity contribution < 1.29 is 0 Å². The van der Waals surface area contributed by atoms with Crippen molar-refractivity contribution in [3.63, 3.8) is 0 Å². The van der Waals surface area contributed by atoms with Gasteiger partial charge in [-0.1, -0.05) is 20.3 Å². The molecule has 20 heavy (non-hydrogen) atoms. The third kappa shape index (κ3) is 3.43. The second-order valence-corrected chi connectivity index (χ2v) is 7.67. The molecule has 1 aromatic heterocycles. The summed E-state index contributed by atoms with van der Waals surface area (Å²) in [7, 11) is 0.